The van der Waals surface area contributed by atoms with E-state index in [-0.39, 0.29) is 28.6 Å². The van der Waals surface area contributed by atoms with Crippen LogP contribution in [0.25, 0.3) is 0 Å². The molecular weight excluding hydrogens is 386 g/mol. The van der Waals surface area contributed by atoms with Gasteiger partial charge in [0.15, 0.2) is 5.76 Å². The highest BCUT2D eigenvalue weighted by molar-refractivity contribution is 6.32. The Morgan fingerprint density at radius 3 is 2.62 bits per heavy atom. The van der Waals surface area contributed by atoms with Crippen LogP contribution in [-0.2, 0) is 0 Å². The first-order chi connectivity index (χ1) is 13.6. The van der Waals surface area contributed by atoms with E-state index in [0.717, 1.165) is 12.8 Å². The third-order valence-electron chi connectivity index (χ3n) is 4.81. The largest absolute Gasteiger partial charge is 0.454 e. The molecule has 0 saturated carbocycles. The Balaban J connectivity index is 1.71. The fourth-order valence-electron chi connectivity index (χ4n) is 4.08. The standard InChI is InChI=1S/C23H24ClN3O2/c1-22(2)12-17(13-23(3,4)27-22)26-21(28)15-9-10-20(18(24)11-15)29-19-8-6-5-7-16(19)14-25/h6,8-11,17,27H,12-13H2,1-4H3,(H,26,28). The normalized spacial score (nSPS) is 19.7. The Kier molecular flexibility index (Phi) is 5.75. The van der Waals surface area contributed by atoms with Gasteiger partial charge in [-0.25, -0.2) is 0 Å². The maximum atomic E-state index is 12.8. The molecule has 0 atom stereocenters. The third-order valence-corrected chi connectivity index (χ3v) is 5.11. The second kappa shape index (κ2) is 7.95. The van der Waals surface area contributed by atoms with E-state index in [1.54, 1.807) is 30.4 Å². The number of ether oxygens (including phenoxy) is 1. The second-order valence-corrected chi connectivity index (χ2v) is 9.08. The average molecular weight is 410 g/mol. The van der Waals surface area contributed by atoms with Gasteiger partial charge in [0, 0.05) is 22.7 Å². The summed E-state index contributed by atoms with van der Waals surface area (Å²) in [6.07, 6.45) is 4.91. The van der Waals surface area contributed by atoms with Gasteiger partial charge in [0.25, 0.3) is 5.91 Å². The van der Waals surface area contributed by atoms with E-state index in [1.165, 1.54) is 0 Å². The van der Waals surface area contributed by atoms with Gasteiger partial charge in [0.05, 0.1) is 5.02 Å². The lowest BCUT2D eigenvalue weighted by Gasteiger charge is -2.46. The van der Waals surface area contributed by atoms with Crippen LogP contribution in [-0.4, -0.2) is 23.0 Å². The van der Waals surface area contributed by atoms with Crippen molar-refractivity contribution in [1.29, 1.82) is 5.26 Å². The van der Waals surface area contributed by atoms with E-state index < -0.39 is 0 Å². The number of amides is 1. The highest BCUT2D eigenvalue weighted by Crippen LogP contribution is 2.31. The summed E-state index contributed by atoms with van der Waals surface area (Å²) >= 11 is 6.34. The first-order valence-corrected chi connectivity index (χ1v) is 9.86. The van der Waals surface area contributed by atoms with Crippen LogP contribution < -0.4 is 15.4 Å². The van der Waals surface area contributed by atoms with Crippen molar-refractivity contribution >= 4 is 17.5 Å². The molecule has 1 saturated heterocycles. The van der Waals surface area contributed by atoms with E-state index in [4.69, 9.17) is 21.6 Å². The monoisotopic (exact) mass is 409 g/mol. The fraction of sp³-hybridized carbons (Fsp3) is 0.391. The van der Waals surface area contributed by atoms with Crippen molar-refractivity contribution in [1.82, 2.24) is 10.6 Å². The summed E-state index contributed by atoms with van der Waals surface area (Å²) in [4.78, 5) is 12.8. The zero-order valence-electron chi connectivity index (χ0n) is 17.0. The van der Waals surface area contributed by atoms with Gasteiger partial charge in [0.2, 0.25) is 0 Å². The molecule has 1 aromatic rings. The van der Waals surface area contributed by atoms with Gasteiger partial charge in [0.1, 0.15) is 17.4 Å². The van der Waals surface area contributed by atoms with E-state index in [1.807, 2.05) is 6.07 Å². The molecule has 6 heteroatoms. The Morgan fingerprint density at radius 2 is 2.00 bits per heavy atom. The molecule has 1 aromatic carbocycles. The van der Waals surface area contributed by atoms with Crippen molar-refractivity contribution in [3.63, 3.8) is 0 Å². The number of carbonyl (C=O) groups is 1. The maximum Gasteiger partial charge on any atom is 0.251 e. The van der Waals surface area contributed by atoms with Gasteiger partial charge in [-0.05, 0) is 76.6 Å². The predicted molar refractivity (Wildman–Crippen MR) is 113 cm³/mol. The Labute approximate surface area is 176 Å². The summed E-state index contributed by atoms with van der Waals surface area (Å²) in [7, 11) is 0. The summed E-state index contributed by atoms with van der Waals surface area (Å²) in [5.74, 6) is 0.533. The molecule has 1 heterocycles. The number of halogens is 1. The number of piperidine rings is 1. The number of allylic oxidation sites excluding steroid dienone is 3. The molecule has 0 spiro atoms. The van der Waals surface area contributed by atoms with Gasteiger partial charge >= 0.3 is 0 Å². The smallest absolute Gasteiger partial charge is 0.251 e. The molecule has 3 rings (SSSR count). The Hall–Kier alpha value is -2.73. The summed E-state index contributed by atoms with van der Waals surface area (Å²) in [5, 5.41) is 16.2. The molecule has 0 bridgehead atoms. The van der Waals surface area contributed by atoms with Gasteiger partial charge in [-0.2, -0.15) is 5.26 Å². The molecule has 1 amide bonds. The molecule has 0 aromatic heterocycles. The van der Waals surface area contributed by atoms with Gasteiger partial charge in [-0.3, -0.25) is 4.79 Å². The van der Waals surface area contributed by atoms with Gasteiger partial charge in [-0.15, -0.1) is 0 Å². The number of benzene rings is 1. The molecule has 5 nitrogen and oxygen atoms in total. The Morgan fingerprint density at radius 1 is 1.31 bits per heavy atom. The zero-order valence-corrected chi connectivity index (χ0v) is 17.8. The highest BCUT2D eigenvalue weighted by Gasteiger charge is 2.38. The molecule has 0 unspecified atom stereocenters. The minimum Gasteiger partial charge on any atom is -0.454 e. The summed E-state index contributed by atoms with van der Waals surface area (Å²) in [6.45, 7) is 8.57. The van der Waals surface area contributed by atoms with Crippen LogP contribution in [0.4, 0.5) is 0 Å². The van der Waals surface area contributed by atoms with E-state index in [2.05, 4.69) is 49.8 Å². The molecular formula is C23H24ClN3O2. The summed E-state index contributed by atoms with van der Waals surface area (Å²) in [5.41, 5.74) is 5.98. The number of rotatable bonds is 4. The van der Waals surface area contributed by atoms with Crippen molar-refractivity contribution < 1.29 is 9.53 Å². The lowest BCUT2D eigenvalue weighted by atomic mass is 9.79. The second-order valence-electron chi connectivity index (χ2n) is 8.67. The van der Waals surface area contributed by atoms with Gasteiger partial charge in [-0.1, -0.05) is 17.3 Å². The number of nitrogens with one attached hydrogen (secondary N) is 2. The van der Waals surface area contributed by atoms with Crippen molar-refractivity contribution in [2.45, 2.75) is 57.7 Å². The highest BCUT2D eigenvalue weighted by atomic mass is 35.5. The molecule has 29 heavy (non-hydrogen) atoms. The van der Waals surface area contributed by atoms with Crippen molar-refractivity contribution in [3.8, 4) is 11.8 Å². The maximum absolute atomic E-state index is 12.8. The number of nitrogens with zero attached hydrogens (tertiary/aromatic N) is 1. The SMILES string of the molecule is CC1(C)CC(NC(=O)c2ccc(OC3=CC=C=C=C3C#N)c(Cl)c2)CC(C)(C)N1. The molecule has 2 N–H and O–H groups in total. The fourth-order valence-corrected chi connectivity index (χ4v) is 4.30. The van der Waals surface area contributed by atoms with Crippen molar-refractivity contribution in [2.24, 2.45) is 0 Å². The van der Waals surface area contributed by atoms with Crippen LogP contribution >= 0.6 is 11.6 Å². The van der Waals surface area contributed by atoms with Crippen molar-refractivity contribution in [2.75, 3.05) is 0 Å². The quantitative estimate of drug-likeness (QED) is 0.722. The topological polar surface area (TPSA) is 74.1 Å². The summed E-state index contributed by atoms with van der Waals surface area (Å²) in [6, 6.07) is 6.94. The molecule has 1 aliphatic heterocycles. The van der Waals surface area contributed by atoms with Crippen LogP contribution in [0, 0.1) is 11.3 Å². The lowest BCUT2D eigenvalue weighted by Crippen LogP contribution is -2.62. The molecule has 2 aliphatic rings. The first kappa shape index (κ1) is 21.0. The van der Waals surface area contributed by atoms with Crippen molar-refractivity contribution in [3.05, 3.63) is 63.7 Å². The first-order valence-electron chi connectivity index (χ1n) is 9.49. The van der Waals surface area contributed by atoms with E-state index in [0.29, 0.717) is 22.1 Å². The van der Waals surface area contributed by atoms with Gasteiger partial charge < -0.3 is 15.4 Å². The number of hydrogen-bond acceptors (Lipinski definition) is 4. The van der Waals surface area contributed by atoms with Crippen LogP contribution in [0.2, 0.25) is 5.02 Å². The third kappa shape index (κ3) is 5.21. The summed E-state index contributed by atoms with van der Waals surface area (Å²) < 4.78 is 5.72. The van der Waals surface area contributed by atoms with Crippen LogP contribution in [0.15, 0.2) is 53.1 Å². The molecule has 1 fully saturated rings. The number of hydrogen-bond donors (Lipinski definition) is 2. The predicted octanol–water partition coefficient (Wildman–Crippen LogP) is 4.42. The lowest BCUT2D eigenvalue weighted by molar-refractivity contribution is 0.0873. The molecule has 150 valence electrons. The molecule has 0 radical (unpaired) electrons. The van der Waals surface area contributed by atoms with E-state index in [9.17, 15) is 4.79 Å². The van der Waals surface area contributed by atoms with Crippen LogP contribution in [0.3, 0.4) is 0 Å². The van der Waals surface area contributed by atoms with E-state index >= 15 is 0 Å². The average Bonchev–Trinajstić information content (AvgIpc) is 2.61. The van der Waals surface area contributed by atoms with Crippen LogP contribution in [0.1, 0.15) is 50.9 Å². The van der Waals surface area contributed by atoms with Crippen LogP contribution in [0.5, 0.6) is 5.75 Å². The number of nitriles is 1. The zero-order chi connectivity index (χ0) is 21.2. The minimum absolute atomic E-state index is 0.0579. The minimum atomic E-state index is -0.169. The molecule has 1 aliphatic carbocycles. The Bertz CT molecular complexity index is 1000. The number of carbonyl (C=O) groups excluding carboxylic acids is 1.